The van der Waals surface area contributed by atoms with E-state index in [1.165, 1.54) is 48.5 Å². The van der Waals surface area contributed by atoms with Crippen molar-refractivity contribution in [2.45, 2.75) is 170 Å². The van der Waals surface area contributed by atoms with Gasteiger partial charge < -0.3 is 0 Å². The summed E-state index contributed by atoms with van der Waals surface area (Å²) in [5.74, 6) is -0.751. The molecule has 0 saturated carbocycles. The van der Waals surface area contributed by atoms with Crippen LogP contribution in [0.25, 0.3) is 90.1 Å². The Kier molecular flexibility index (Phi) is 40.2. The van der Waals surface area contributed by atoms with Crippen molar-refractivity contribution in [2.24, 2.45) is 0 Å². The van der Waals surface area contributed by atoms with Gasteiger partial charge in [-0.15, -0.1) is 0 Å². The zero-order valence-corrected chi connectivity index (χ0v) is 81.2. The third kappa shape index (κ3) is 33.0. The number of benzene rings is 8. The van der Waals surface area contributed by atoms with Crippen LogP contribution in [0, 0.1) is 34.9 Å². The molecular weight excluding hydrogens is 1870 g/mol. The van der Waals surface area contributed by atoms with Crippen LogP contribution in [0.5, 0.6) is 0 Å². The highest BCUT2D eigenvalue weighted by atomic mass is 35.5. The van der Waals surface area contributed by atoms with Gasteiger partial charge in [-0.1, -0.05) is 200 Å². The Morgan fingerprint density at radius 3 is 0.761 bits per heavy atom. The Balaban J connectivity index is 0.000000177. The summed E-state index contributed by atoms with van der Waals surface area (Å²) in [6.45, 7) is 32.5. The monoisotopic (exact) mass is 1960 g/mol. The first-order valence-corrected chi connectivity index (χ1v) is 45.3. The van der Waals surface area contributed by atoms with Gasteiger partial charge in [0.1, 0.15) is 34.9 Å². The molecule has 0 atom stereocenters. The zero-order chi connectivity index (χ0) is 101. The third-order valence-electron chi connectivity index (χ3n) is 20.3. The van der Waals surface area contributed by atoms with Crippen LogP contribution in [0.4, 0.5) is 52.7 Å². The van der Waals surface area contributed by atoms with Gasteiger partial charge >= 0.3 is 12.4 Å². The minimum atomic E-state index is -4.56. The Morgan fingerprint density at radius 2 is 0.457 bits per heavy atom. The van der Waals surface area contributed by atoms with E-state index in [0.29, 0.717) is 85.2 Å². The predicted octanol–water partition coefficient (Wildman–Crippen LogP) is 31.6. The lowest BCUT2D eigenvalue weighted by molar-refractivity contribution is -0.138. The van der Waals surface area contributed by atoms with E-state index in [9.17, 15) is 52.7 Å². The average molecular weight is 1970 g/mol. The fraction of sp³-hybridized carbons (Fsp3) is 0.245. The van der Waals surface area contributed by atoms with Gasteiger partial charge in [0.25, 0.3) is 0 Å². The number of hydrogen-bond acceptors (Lipinski definition) is 16. The van der Waals surface area contributed by atoms with Gasteiger partial charge in [-0.2, -0.15) is 108 Å². The molecule has 716 valence electrons. The summed E-state index contributed by atoms with van der Waals surface area (Å²) in [5, 5.41) is 67.0. The van der Waals surface area contributed by atoms with Crippen molar-refractivity contribution in [1.29, 1.82) is 0 Å². The second-order valence-electron chi connectivity index (χ2n) is 33.7. The van der Waals surface area contributed by atoms with E-state index in [0.717, 1.165) is 115 Å². The molecule has 0 unspecified atom stereocenters. The van der Waals surface area contributed by atoms with E-state index in [-0.39, 0.29) is 51.2 Å². The number of nitrogens with zero attached hydrogens (tertiary/aromatic N) is 16. The summed E-state index contributed by atoms with van der Waals surface area (Å²) in [5.41, 5.74) is 14.9. The van der Waals surface area contributed by atoms with Crippen LogP contribution in [-0.4, -0.2) is 81.6 Å². The maximum atomic E-state index is 13.8. The molecule has 0 aliphatic carbocycles. The third-order valence-corrected chi connectivity index (χ3v) is 21.3. The van der Waals surface area contributed by atoms with E-state index >= 15 is 0 Å². The van der Waals surface area contributed by atoms with E-state index in [2.05, 4.69) is 123 Å². The summed E-state index contributed by atoms with van der Waals surface area (Å²) in [4.78, 5) is 0. The van der Waals surface area contributed by atoms with Crippen LogP contribution >= 0.6 is 46.4 Å². The largest absolute Gasteiger partial charge is 0.416 e. The van der Waals surface area contributed by atoms with E-state index < -0.39 is 46.7 Å². The van der Waals surface area contributed by atoms with Crippen LogP contribution < -0.4 is 0 Å². The minimum absolute atomic E-state index is 0.000746. The minimum Gasteiger partial charge on any atom is -0.207 e. The SMILES string of the molecule is CC(C)c1ccc(-c2ccc(C(F)(F)F)cc2F)nn1.CC(C)c1ccc(-c2ccc(Cl)c(F)c2)nn1.CC(C)c1ccc(-c2ccc(Cl)cc2)nn1.CC(C)c1ccc(-c2ccc(Cl)cc2F)nn1.CC(C)c1ccc(-c2ccc(F)cc2)nn1.CC(C)c1ccc(-c2ccc(F)cc2F)nn1.CC(C)c1ccc(-c2cccc(C(F)(F)F)c2)nn1.CC(C)c1ccc(-c2cccc(Cl)c2)nn1. The van der Waals surface area contributed by atoms with Gasteiger partial charge in [0, 0.05) is 65.6 Å². The number of rotatable bonds is 16. The highest BCUT2D eigenvalue weighted by molar-refractivity contribution is 6.31. The van der Waals surface area contributed by atoms with Crippen LogP contribution in [0.15, 0.2) is 267 Å². The van der Waals surface area contributed by atoms with E-state index in [1.807, 2.05) is 172 Å². The molecule has 32 heteroatoms. The summed E-state index contributed by atoms with van der Waals surface area (Å²) in [6.07, 6.45) is -8.91. The molecule has 0 aliphatic heterocycles. The Hall–Kier alpha value is -13.3. The van der Waals surface area contributed by atoms with Gasteiger partial charge in [0.2, 0.25) is 0 Å². The number of aromatic nitrogens is 16. The molecule has 0 amide bonds. The van der Waals surface area contributed by atoms with Crippen molar-refractivity contribution in [3.8, 4) is 90.1 Å². The molecule has 0 radical (unpaired) electrons. The Labute approximate surface area is 814 Å². The first-order valence-electron chi connectivity index (χ1n) is 43.8. The van der Waals surface area contributed by atoms with Gasteiger partial charge in [0.15, 0.2) is 0 Å². The lowest BCUT2D eigenvalue weighted by Gasteiger charge is -2.09. The van der Waals surface area contributed by atoms with Crippen molar-refractivity contribution in [3.05, 3.63) is 379 Å². The molecule has 0 spiro atoms. The van der Waals surface area contributed by atoms with Crippen molar-refractivity contribution in [2.75, 3.05) is 0 Å². The molecule has 8 heterocycles. The van der Waals surface area contributed by atoms with Gasteiger partial charge in [-0.3, -0.25) is 0 Å². The van der Waals surface area contributed by atoms with Crippen LogP contribution in [0.1, 0.15) is 215 Å². The molecule has 0 aliphatic rings. The fourth-order valence-corrected chi connectivity index (χ4v) is 12.7. The second kappa shape index (κ2) is 51.2. The van der Waals surface area contributed by atoms with Crippen molar-refractivity contribution >= 4 is 46.4 Å². The lowest BCUT2D eigenvalue weighted by atomic mass is 10.1. The Morgan fingerprint density at radius 1 is 0.196 bits per heavy atom. The molecule has 8 aromatic carbocycles. The molecule has 8 aromatic heterocycles. The van der Waals surface area contributed by atoms with E-state index in [4.69, 9.17) is 46.4 Å². The molecule has 0 bridgehead atoms. The average Bonchev–Trinajstić information content (AvgIpc) is 0.821. The summed E-state index contributed by atoms with van der Waals surface area (Å²) < 4.78 is 155. The van der Waals surface area contributed by atoms with Gasteiger partial charge in [0.05, 0.1) is 107 Å². The summed E-state index contributed by atoms with van der Waals surface area (Å²) in [6, 6.07) is 70.9. The summed E-state index contributed by atoms with van der Waals surface area (Å²) in [7, 11) is 0. The Bertz CT molecular complexity index is 6320. The van der Waals surface area contributed by atoms with Gasteiger partial charge in [-0.25, -0.2) is 26.3 Å². The van der Waals surface area contributed by atoms with E-state index in [1.54, 1.807) is 78.9 Å². The molecule has 138 heavy (non-hydrogen) atoms. The van der Waals surface area contributed by atoms with Crippen LogP contribution in [0.3, 0.4) is 0 Å². The van der Waals surface area contributed by atoms with Gasteiger partial charge in [-0.05, 0) is 266 Å². The fourth-order valence-electron chi connectivity index (χ4n) is 12.1. The lowest BCUT2D eigenvalue weighted by Crippen LogP contribution is -2.06. The smallest absolute Gasteiger partial charge is 0.207 e. The topological polar surface area (TPSA) is 206 Å². The number of alkyl halides is 6. The van der Waals surface area contributed by atoms with Crippen LogP contribution in [-0.2, 0) is 12.4 Å². The van der Waals surface area contributed by atoms with Crippen molar-refractivity contribution in [3.63, 3.8) is 0 Å². The first-order chi connectivity index (χ1) is 65.4. The quantitative estimate of drug-likeness (QED) is 0.0825. The maximum Gasteiger partial charge on any atom is 0.416 e. The van der Waals surface area contributed by atoms with Crippen molar-refractivity contribution < 1.29 is 52.7 Å². The standard InChI is InChI=1S/C14H12F4N2.C14H13F3N2.2C13H12ClFN2.2C13H13ClN2.C13H12F2N2.C13H13FN2/c1-8(2)12-5-6-13(20-19-12)10-4-3-9(7-11(10)15)14(16,17)18;1-9(2)12-6-7-13(19-18-12)10-4-3-5-11(8-10)14(15,16)17;1-8(2)12-5-6-13(17-16-12)10-4-3-9(14)7-11(10)15;1-8(2)12-5-6-13(17-16-12)9-3-4-10(14)11(15)7-9;1-9(2)12-7-8-13(16-15-12)10-3-5-11(14)6-4-10;1-9(2)12-6-7-13(16-15-12)10-4-3-5-11(14)8-10;1-8(2)12-5-6-13(17-16-12)10-4-3-9(14)7-11(10)15;1-9(2)12-7-8-13(16-15-12)10-3-5-11(14)6-4-10/h3-8H,1-2H3;3-9H,1-2H3;2*3-8H,1-2H3;2*3-9H,1-2H3;3-8H,1-2H3;3-9H,1-2H3. The molecular formula is C106H100Cl4F12N16. The molecule has 0 N–H and O–H groups in total. The highest BCUT2D eigenvalue weighted by Crippen LogP contribution is 2.36. The molecule has 16 aromatic rings. The van der Waals surface area contributed by atoms with Crippen LogP contribution in [0.2, 0.25) is 20.1 Å². The number of hydrogen-bond donors (Lipinski definition) is 0. The number of halogens is 16. The molecule has 16 rings (SSSR count). The molecule has 0 saturated heterocycles. The highest BCUT2D eigenvalue weighted by Gasteiger charge is 2.32. The molecule has 16 nitrogen and oxygen atoms in total. The first kappa shape index (κ1) is 108. The maximum absolute atomic E-state index is 13.8. The second-order valence-corrected chi connectivity index (χ2v) is 35.4. The van der Waals surface area contributed by atoms with Crippen molar-refractivity contribution in [1.82, 2.24) is 81.6 Å². The zero-order valence-electron chi connectivity index (χ0n) is 78.2. The normalized spacial score (nSPS) is 11.1. The molecule has 0 fully saturated rings. The predicted molar refractivity (Wildman–Crippen MR) is 522 cm³/mol. The summed E-state index contributed by atoms with van der Waals surface area (Å²) >= 11 is 23.1.